The second-order valence-corrected chi connectivity index (χ2v) is 8.61. The maximum Gasteiger partial charge on any atom is 0.353 e. The number of hydrogen-bond acceptors (Lipinski definition) is 11. The number of nitrogens with one attached hydrogen (secondary N) is 1. The van der Waals surface area contributed by atoms with E-state index in [1.165, 1.54) is 6.33 Å². The minimum Gasteiger partial charge on any atom is -0.493 e. The van der Waals surface area contributed by atoms with E-state index in [1.807, 2.05) is 35.2 Å². The Hall–Kier alpha value is -4.32. The van der Waals surface area contributed by atoms with E-state index in [0.717, 1.165) is 42.3 Å². The van der Waals surface area contributed by atoms with Crippen molar-refractivity contribution in [2.45, 2.75) is 13.1 Å². The minimum absolute atomic E-state index is 0.145. The van der Waals surface area contributed by atoms with Crippen molar-refractivity contribution in [1.82, 2.24) is 14.9 Å². The molecule has 3 heterocycles. The number of nitrogens with zero attached hydrogens (tertiary/aromatic N) is 5. The lowest BCUT2D eigenvalue weighted by Gasteiger charge is -2.35. The first-order valence-corrected chi connectivity index (χ1v) is 11.9. The number of methoxy groups -OCH3 is 2. The second kappa shape index (κ2) is 10.7. The van der Waals surface area contributed by atoms with E-state index in [2.05, 4.69) is 20.2 Å². The predicted molar refractivity (Wildman–Crippen MR) is 136 cm³/mol. The van der Waals surface area contributed by atoms with Crippen molar-refractivity contribution >= 4 is 17.3 Å². The van der Waals surface area contributed by atoms with E-state index in [1.54, 1.807) is 20.3 Å². The van der Waals surface area contributed by atoms with Gasteiger partial charge >= 0.3 is 5.69 Å². The van der Waals surface area contributed by atoms with E-state index in [-0.39, 0.29) is 24.8 Å². The summed E-state index contributed by atoms with van der Waals surface area (Å²) in [5, 5.41) is 15.2. The first-order chi connectivity index (χ1) is 18.1. The van der Waals surface area contributed by atoms with Crippen LogP contribution in [-0.2, 0) is 13.1 Å². The first-order valence-electron chi connectivity index (χ1n) is 11.9. The molecule has 2 aliphatic heterocycles. The van der Waals surface area contributed by atoms with Gasteiger partial charge in [0.1, 0.15) is 6.33 Å². The molecule has 0 radical (unpaired) electrons. The highest BCUT2D eigenvalue weighted by atomic mass is 16.7. The van der Waals surface area contributed by atoms with Crippen LogP contribution in [0.4, 0.5) is 17.3 Å². The molecule has 12 heteroatoms. The molecule has 0 aliphatic carbocycles. The molecule has 0 atom stereocenters. The van der Waals surface area contributed by atoms with Crippen LogP contribution in [0.25, 0.3) is 0 Å². The molecule has 5 rings (SSSR count). The molecule has 0 saturated carbocycles. The molecule has 0 amide bonds. The van der Waals surface area contributed by atoms with Gasteiger partial charge in [0.15, 0.2) is 23.0 Å². The molecule has 0 spiro atoms. The number of fused-ring (bicyclic) bond motifs is 1. The van der Waals surface area contributed by atoms with Crippen LogP contribution in [0.1, 0.15) is 11.1 Å². The number of hydrogen-bond donors (Lipinski definition) is 1. The van der Waals surface area contributed by atoms with Gasteiger partial charge in [0.2, 0.25) is 18.4 Å². The lowest BCUT2D eigenvalue weighted by molar-refractivity contribution is -0.383. The van der Waals surface area contributed by atoms with Crippen molar-refractivity contribution in [2.75, 3.05) is 57.4 Å². The highest BCUT2D eigenvalue weighted by Crippen LogP contribution is 2.36. The summed E-state index contributed by atoms with van der Waals surface area (Å²) in [5.74, 6) is 3.13. The third-order valence-corrected chi connectivity index (χ3v) is 6.43. The van der Waals surface area contributed by atoms with Crippen molar-refractivity contribution in [3.63, 3.8) is 0 Å². The smallest absolute Gasteiger partial charge is 0.353 e. The molecule has 0 bridgehead atoms. The summed E-state index contributed by atoms with van der Waals surface area (Å²) in [6.07, 6.45) is 1.35. The molecular formula is C25H28N6O6. The molecule has 1 saturated heterocycles. The largest absolute Gasteiger partial charge is 0.493 e. The van der Waals surface area contributed by atoms with E-state index in [9.17, 15) is 10.1 Å². The molecular weight excluding hydrogens is 480 g/mol. The van der Waals surface area contributed by atoms with Crippen LogP contribution >= 0.6 is 0 Å². The third kappa shape index (κ3) is 5.14. The van der Waals surface area contributed by atoms with Crippen LogP contribution in [0.3, 0.4) is 0 Å². The Kier molecular flexibility index (Phi) is 7.08. The molecule has 194 valence electrons. The topological polar surface area (TPSA) is 124 Å². The predicted octanol–water partition coefficient (Wildman–Crippen LogP) is 3.07. The van der Waals surface area contributed by atoms with E-state index in [0.29, 0.717) is 30.4 Å². The fourth-order valence-electron chi connectivity index (χ4n) is 4.59. The summed E-state index contributed by atoms with van der Waals surface area (Å²) < 4.78 is 21.7. The Morgan fingerprint density at radius 1 is 1.05 bits per heavy atom. The monoisotopic (exact) mass is 508 g/mol. The SMILES string of the molecule is COc1cccc(CNc2ncnc(N3CCN(Cc4ccc5c(c4)OCO5)CC3)c2[N+](=O)[O-])c1OC. The van der Waals surface area contributed by atoms with Gasteiger partial charge in [-0.3, -0.25) is 15.0 Å². The van der Waals surface area contributed by atoms with Gasteiger partial charge in [-0.05, 0) is 23.8 Å². The third-order valence-electron chi connectivity index (χ3n) is 6.43. The Balaban J connectivity index is 1.27. The molecule has 0 unspecified atom stereocenters. The lowest BCUT2D eigenvalue weighted by Crippen LogP contribution is -2.46. The quantitative estimate of drug-likeness (QED) is 0.339. The Morgan fingerprint density at radius 3 is 2.62 bits per heavy atom. The lowest BCUT2D eigenvalue weighted by atomic mass is 10.1. The van der Waals surface area contributed by atoms with Gasteiger partial charge in [0.05, 0.1) is 19.1 Å². The van der Waals surface area contributed by atoms with Gasteiger partial charge in [0, 0.05) is 44.8 Å². The van der Waals surface area contributed by atoms with Crippen LogP contribution in [0.2, 0.25) is 0 Å². The van der Waals surface area contributed by atoms with Gasteiger partial charge in [-0.15, -0.1) is 0 Å². The van der Waals surface area contributed by atoms with Gasteiger partial charge in [-0.25, -0.2) is 9.97 Å². The molecule has 1 N–H and O–H groups in total. The van der Waals surface area contributed by atoms with Crippen molar-refractivity contribution in [3.05, 3.63) is 64.0 Å². The Bertz CT molecular complexity index is 1280. The van der Waals surface area contributed by atoms with Crippen molar-refractivity contribution in [2.24, 2.45) is 0 Å². The second-order valence-electron chi connectivity index (χ2n) is 8.61. The number of aromatic nitrogens is 2. The zero-order valence-electron chi connectivity index (χ0n) is 20.7. The van der Waals surface area contributed by atoms with Gasteiger partial charge in [-0.1, -0.05) is 18.2 Å². The summed E-state index contributed by atoms with van der Waals surface area (Å²) in [6, 6.07) is 11.4. The van der Waals surface area contributed by atoms with Crippen molar-refractivity contribution < 1.29 is 23.9 Å². The van der Waals surface area contributed by atoms with Crippen LogP contribution in [0.15, 0.2) is 42.7 Å². The molecule has 37 heavy (non-hydrogen) atoms. The minimum atomic E-state index is -0.431. The molecule has 2 aromatic carbocycles. The molecule has 12 nitrogen and oxygen atoms in total. The highest BCUT2D eigenvalue weighted by Gasteiger charge is 2.29. The van der Waals surface area contributed by atoms with Gasteiger partial charge < -0.3 is 29.2 Å². The standard InChI is InChI=1S/C25H28N6O6/c1-34-20-5-3-4-18(23(20)35-2)13-26-24-22(31(32)33)25(28-15-27-24)30-10-8-29(9-11-30)14-17-6-7-19-21(12-17)37-16-36-19/h3-7,12,15H,8-11,13-14,16H2,1-2H3,(H,26,27,28). The number of ether oxygens (including phenoxy) is 4. The Labute approximate surface area is 213 Å². The highest BCUT2D eigenvalue weighted by molar-refractivity contribution is 5.70. The summed E-state index contributed by atoms with van der Waals surface area (Å²) in [5.41, 5.74) is 1.77. The number of para-hydroxylation sites is 1. The molecule has 1 fully saturated rings. The normalized spacial score (nSPS) is 14.9. The summed E-state index contributed by atoms with van der Waals surface area (Å²) >= 11 is 0. The number of anilines is 2. The van der Waals surface area contributed by atoms with Crippen molar-refractivity contribution in [3.8, 4) is 23.0 Å². The molecule has 3 aromatic rings. The molecule has 1 aromatic heterocycles. The Morgan fingerprint density at radius 2 is 1.86 bits per heavy atom. The first kappa shape index (κ1) is 24.4. The fourth-order valence-corrected chi connectivity index (χ4v) is 4.59. The number of piperazine rings is 1. The molecule has 2 aliphatic rings. The van der Waals surface area contributed by atoms with Crippen molar-refractivity contribution in [1.29, 1.82) is 0 Å². The van der Waals surface area contributed by atoms with Gasteiger partial charge in [0.25, 0.3) is 0 Å². The van der Waals surface area contributed by atoms with E-state index >= 15 is 0 Å². The van der Waals surface area contributed by atoms with E-state index < -0.39 is 4.92 Å². The number of nitro groups is 1. The average Bonchev–Trinajstić information content (AvgIpc) is 3.39. The average molecular weight is 509 g/mol. The van der Waals surface area contributed by atoms with Gasteiger partial charge in [-0.2, -0.15) is 0 Å². The van der Waals surface area contributed by atoms with E-state index in [4.69, 9.17) is 18.9 Å². The van der Waals surface area contributed by atoms with Crippen LogP contribution < -0.4 is 29.2 Å². The zero-order chi connectivity index (χ0) is 25.8. The summed E-state index contributed by atoms with van der Waals surface area (Å²) in [4.78, 5) is 24.4. The summed E-state index contributed by atoms with van der Waals surface area (Å²) in [7, 11) is 3.12. The maximum atomic E-state index is 12.1. The maximum absolute atomic E-state index is 12.1. The fraction of sp³-hybridized carbons (Fsp3) is 0.360. The van der Waals surface area contributed by atoms with Crippen LogP contribution in [0, 0.1) is 10.1 Å². The number of rotatable bonds is 9. The number of benzene rings is 2. The van der Waals surface area contributed by atoms with Crippen LogP contribution in [0.5, 0.6) is 23.0 Å². The summed E-state index contributed by atoms with van der Waals surface area (Å²) in [6.45, 7) is 3.95. The zero-order valence-corrected chi connectivity index (χ0v) is 20.7. The van der Waals surface area contributed by atoms with Crippen LogP contribution in [-0.4, -0.2) is 67.0 Å².